The van der Waals surface area contributed by atoms with Gasteiger partial charge in [-0.2, -0.15) is 0 Å². The normalized spacial score (nSPS) is 19.0. The van der Waals surface area contributed by atoms with Gasteiger partial charge >= 0.3 is 0 Å². The number of hydrogen-bond donors (Lipinski definition) is 2. The fourth-order valence-electron chi connectivity index (χ4n) is 3.21. The Hall–Kier alpha value is -2.50. The fraction of sp³-hybridized carbons (Fsp3) is 0.211. The second kappa shape index (κ2) is 7.26. The Morgan fingerprint density at radius 3 is 2.93 bits per heavy atom. The highest BCUT2D eigenvalue weighted by Gasteiger charge is 2.22. The highest BCUT2D eigenvalue weighted by atomic mass is 32.1. The van der Waals surface area contributed by atoms with E-state index in [0.29, 0.717) is 11.1 Å². The van der Waals surface area contributed by atoms with Gasteiger partial charge in [-0.15, -0.1) is 22.7 Å². The van der Waals surface area contributed by atoms with Gasteiger partial charge in [-0.25, -0.2) is 14.6 Å². The number of hydrogen-bond acceptors (Lipinski definition) is 6. The Labute approximate surface area is 165 Å². The Balaban J connectivity index is 1.64. The van der Waals surface area contributed by atoms with Gasteiger partial charge in [0.05, 0.1) is 10.4 Å². The molecule has 4 nitrogen and oxygen atoms in total. The van der Waals surface area contributed by atoms with Crippen molar-refractivity contribution >= 4 is 55.8 Å². The SMILES string of the molecule is CN/C=C1/C=C(c2nc3sc(C4=CCB(C#N)CC4)cc3s2)C=C(F)C1=N. The molecule has 27 heavy (non-hydrogen) atoms. The largest absolute Gasteiger partial charge is 0.393 e. The summed E-state index contributed by atoms with van der Waals surface area (Å²) in [6.07, 6.45) is 9.62. The first-order valence-corrected chi connectivity index (χ1v) is 10.3. The van der Waals surface area contributed by atoms with Crippen molar-refractivity contribution in [1.82, 2.24) is 10.3 Å². The lowest BCUT2D eigenvalue weighted by Gasteiger charge is -2.12. The summed E-state index contributed by atoms with van der Waals surface area (Å²) in [5, 5.41) is 20.5. The summed E-state index contributed by atoms with van der Waals surface area (Å²) in [4.78, 5) is 6.86. The van der Waals surface area contributed by atoms with E-state index >= 15 is 0 Å². The molecule has 1 aliphatic heterocycles. The molecule has 0 aromatic carbocycles. The lowest BCUT2D eigenvalue weighted by molar-refractivity contribution is 0.680. The Morgan fingerprint density at radius 1 is 1.41 bits per heavy atom. The van der Waals surface area contributed by atoms with Gasteiger partial charge in [0.25, 0.3) is 6.71 Å². The third-order valence-electron chi connectivity index (χ3n) is 4.67. The third kappa shape index (κ3) is 3.40. The summed E-state index contributed by atoms with van der Waals surface area (Å²) >= 11 is 3.19. The maximum Gasteiger partial charge on any atom is 0.271 e. The molecule has 0 spiro atoms. The van der Waals surface area contributed by atoms with Crippen molar-refractivity contribution in [2.75, 3.05) is 7.05 Å². The molecule has 0 saturated heterocycles. The van der Waals surface area contributed by atoms with E-state index in [1.807, 2.05) is 0 Å². The van der Waals surface area contributed by atoms with Crippen molar-refractivity contribution in [1.29, 1.82) is 10.7 Å². The molecule has 0 fully saturated rings. The van der Waals surface area contributed by atoms with Gasteiger partial charge in [0.15, 0.2) is 0 Å². The average Bonchev–Trinajstić information content (AvgIpc) is 3.25. The minimum absolute atomic E-state index is 0.117. The molecule has 0 bridgehead atoms. The van der Waals surface area contributed by atoms with Crippen LogP contribution in [0.25, 0.3) is 20.7 Å². The van der Waals surface area contributed by atoms with Crippen LogP contribution in [0.4, 0.5) is 4.39 Å². The number of thiophene rings is 1. The van der Waals surface area contributed by atoms with E-state index in [0.717, 1.165) is 33.6 Å². The Morgan fingerprint density at radius 2 is 2.26 bits per heavy atom. The molecule has 0 atom stereocenters. The number of nitrogens with zero attached hydrogens (tertiary/aromatic N) is 2. The number of aromatic nitrogens is 1. The van der Waals surface area contributed by atoms with Crippen LogP contribution in [0.1, 0.15) is 16.3 Å². The highest BCUT2D eigenvalue weighted by Crippen LogP contribution is 2.40. The number of nitriles is 1. The second-order valence-electron chi connectivity index (χ2n) is 6.48. The van der Waals surface area contributed by atoms with Crippen LogP contribution in [0, 0.1) is 16.6 Å². The van der Waals surface area contributed by atoms with E-state index in [1.54, 1.807) is 30.7 Å². The minimum atomic E-state index is -0.548. The molecular weight excluding hydrogens is 378 g/mol. The van der Waals surface area contributed by atoms with Crippen LogP contribution in [-0.2, 0) is 0 Å². The van der Waals surface area contributed by atoms with Crippen molar-refractivity contribution in [3.8, 4) is 5.97 Å². The number of thiazole rings is 1. The summed E-state index contributed by atoms with van der Waals surface area (Å²) < 4.78 is 15.2. The molecule has 1 aliphatic carbocycles. The van der Waals surface area contributed by atoms with Crippen LogP contribution in [-0.4, -0.2) is 24.5 Å². The van der Waals surface area contributed by atoms with Crippen LogP contribution in [0.2, 0.25) is 12.6 Å². The molecule has 2 N–H and O–H groups in total. The molecule has 3 heterocycles. The fourth-order valence-corrected chi connectivity index (χ4v) is 5.48. The van der Waals surface area contributed by atoms with Gasteiger partial charge < -0.3 is 5.32 Å². The van der Waals surface area contributed by atoms with E-state index in [2.05, 4.69) is 23.4 Å². The van der Waals surface area contributed by atoms with E-state index in [9.17, 15) is 4.39 Å². The molecule has 2 aliphatic rings. The zero-order chi connectivity index (χ0) is 19.0. The summed E-state index contributed by atoms with van der Waals surface area (Å²) in [5.41, 5.74) is 2.38. The van der Waals surface area contributed by atoms with E-state index in [-0.39, 0.29) is 12.4 Å². The Bertz CT molecular complexity index is 1070. The number of allylic oxidation sites excluding steroid dienone is 7. The first kappa shape index (κ1) is 17.9. The standard InChI is InChI=1S/C19H16BFN4S2/c1-24-9-13-6-12(7-14(21)17(13)23)18-25-19-16(27-18)8-15(26-19)11-2-4-20(10-22)5-3-11/h2,6-9,23-24H,3-5H2,1H3/b13-9-,23-17?. The zero-order valence-electron chi connectivity index (χ0n) is 14.7. The van der Waals surface area contributed by atoms with Crippen molar-refractivity contribution in [2.24, 2.45) is 0 Å². The maximum atomic E-state index is 14.1. The van der Waals surface area contributed by atoms with E-state index in [4.69, 9.17) is 15.7 Å². The predicted octanol–water partition coefficient (Wildman–Crippen LogP) is 5.08. The number of halogens is 1. The van der Waals surface area contributed by atoms with Crippen LogP contribution < -0.4 is 5.32 Å². The average molecular weight is 394 g/mol. The molecule has 0 radical (unpaired) electrons. The van der Waals surface area contributed by atoms with Crippen molar-refractivity contribution in [2.45, 2.75) is 19.1 Å². The smallest absolute Gasteiger partial charge is 0.271 e. The molecule has 134 valence electrons. The molecule has 0 amide bonds. The first-order valence-electron chi connectivity index (χ1n) is 8.64. The zero-order valence-corrected chi connectivity index (χ0v) is 16.3. The topological polar surface area (TPSA) is 72.6 Å². The van der Waals surface area contributed by atoms with Gasteiger partial charge in [-0.1, -0.05) is 12.4 Å². The monoisotopic (exact) mass is 394 g/mol. The highest BCUT2D eigenvalue weighted by molar-refractivity contribution is 7.28. The lowest BCUT2D eigenvalue weighted by Crippen LogP contribution is -2.11. The number of fused-ring (bicyclic) bond motifs is 1. The number of rotatable bonds is 3. The summed E-state index contributed by atoms with van der Waals surface area (Å²) in [6, 6.07) is 2.15. The van der Waals surface area contributed by atoms with Crippen LogP contribution in [0.3, 0.4) is 0 Å². The van der Waals surface area contributed by atoms with E-state index < -0.39 is 5.83 Å². The Kier molecular flexibility index (Phi) is 4.81. The molecule has 2 aromatic rings. The minimum Gasteiger partial charge on any atom is -0.393 e. The van der Waals surface area contributed by atoms with Gasteiger partial charge in [-0.3, -0.25) is 5.41 Å². The molecular formula is C19H16BFN4S2. The predicted molar refractivity (Wildman–Crippen MR) is 113 cm³/mol. The van der Waals surface area contributed by atoms with Gasteiger partial charge in [0, 0.05) is 35.2 Å². The summed E-state index contributed by atoms with van der Waals surface area (Å²) in [7, 11) is 1.73. The quantitative estimate of drug-likeness (QED) is 0.714. The molecule has 8 heteroatoms. The summed E-state index contributed by atoms with van der Waals surface area (Å²) in [6.45, 7) is 0.137. The van der Waals surface area contributed by atoms with Crippen molar-refractivity contribution in [3.63, 3.8) is 0 Å². The third-order valence-corrected chi connectivity index (χ3v) is 6.95. The van der Waals surface area contributed by atoms with E-state index in [1.165, 1.54) is 27.9 Å². The van der Waals surface area contributed by atoms with Gasteiger partial charge in [0.1, 0.15) is 15.7 Å². The second-order valence-corrected chi connectivity index (χ2v) is 8.55. The van der Waals surface area contributed by atoms with Gasteiger partial charge in [-0.05, 0) is 36.5 Å². The number of nitrogens with one attached hydrogen (secondary N) is 2. The van der Waals surface area contributed by atoms with Crippen LogP contribution in [0.15, 0.2) is 41.9 Å². The lowest BCUT2D eigenvalue weighted by atomic mass is 9.44. The molecule has 4 rings (SSSR count). The maximum absolute atomic E-state index is 14.1. The van der Waals surface area contributed by atoms with Gasteiger partial charge in [0.2, 0.25) is 0 Å². The van der Waals surface area contributed by atoms with Crippen molar-refractivity contribution < 1.29 is 4.39 Å². The molecule has 0 unspecified atom stereocenters. The van der Waals surface area contributed by atoms with Crippen LogP contribution in [0.5, 0.6) is 0 Å². The molecule has 0 saturated carbocycles. The van der Waals surface area contributed by atoms with Crippen molar-refractivity contribution in [3.05, 3.63) is 51.8 Å². The summed E-state index contributed by atoms with van der Waals surface area (Å²) in [5.74, 6) is 1.79. The first-order chi connectivity index (χ1) is 13.1. The van der Waals surface area contributed by atoms with Crippen LogP contribution >= 0.6 is 22.7 Å². The molecule has 2 aromatic heterocycles.